The van der Waals surface area contributed by atoms with Gasteiger partial charge in [-0.3, -0.25) is 9.36 Å². The van der Waals surface area contributed by atoms with Crippen molar-refractivity contribution in [1.82, 2.24) is 4.57 Å². The monoisotopic (exact) mass is 622 g/mol. The average Bonchev–Trinajstić information content (AvgIpc) is 3.60. The second kappa shape index (κ2) is 10.3. The summed E-state index contributed by atoms with van der Waals surface area (Å²) < 4.78 is 14.3. The topological polar surface area (TPSA) is 73.8 Å². The molecule has 1 aliphatic heterocycles. The van der Waals surface area contributed by atoms with E-state index >= 15 is 0 Å². The highest BCUT2D eigenvalue weighted by Crippen LogP contribution is 2.41. The van der Waals surface area contributed by atoms with Gasteiger partial charge in [-0.2, -0.15) is 0 Å². The van der Waals surface area contributed by atoms with E-state index in [2.05, 4.69) is 46.3 Å². The highest BCUT2D eigenvalue weighted by atomic mass is 79.9. The van der Waals surface area contributed by atoms with Gasteiger partial charge in [-0.25, -0.2) is 9.79 Å². The normalized spacial score (nSPS) is 16.0. The van der Waals surface area contributed by atoms with Gasteiger partial charge in [-0.05, 0) is 65.9 Å². The SMILES string of the molecule is COC(=O)c1ccc(-c2ccc(/C=c3\sc4n(c3=O)[C@H](c3ccc(Br)cc3)C3=C(N=4)c4ccccc4CC3)o2)cc1. The van der Waals surface area contributed by atoms with Crippen LogP contribution in [0.3, 0.4) is 0 Å². The predicted molar refractivity (Wildman–Crippen MR) is 162 cm³/mol. The minimum absolute atomic E-state index is 0.0903. The van der Waals surface area contributed by atoms with Crippen molar-refractivity contribution < 1.29 is 13.9 Å². The Kier molecular flexibility index (Phi) is 6.44. The van der Waals surface area contributed by atoms with E-state index in [1.54, 1.807) is 18.2 Å². The van der Waals surface area contributed by atoms with Crippen LogP contribution in [0.15, 0.2) is 109 Å². The molecule has 0 saturated carbocycles. The molecule has 202 valence electrons. The molecule has 7 rings (SSSR count). The van der Waals surface area contributed by atoms with Crippen molar-refractivity contribution in [2.45, 2.75) is 18.9 Å². The van der Waals surface area contributed by atoms with Crippen molar-refractivity contribution in [3.8, 4) is 11.3 Å². The Morgan fingerprint density at radius 2 is 1.80 bits per heavy atom. The maximum Gasteiger partial charge on any atom is 0.337 e. The number of ether oxygens (including phenoxy) is 1. The van der Waals surface area contributed by atoms with Crippen LogP contribution in [0.4, 0.5) is 0 Å². The van der Waals surface area contributed by atoms with Crippen molar-refractivity contribution in [2.24, 2.45) is 4.99 Å². The van der Waals surface area contributed by atoms with E-state index in [1.165, 1.54) is 29.6 Å². The summed E-state index contributed by atoms with van der Waals surface area (Å²) in [6.45, 7) is 0. The van der Waals surface area contributed by atoms with Gasteiger partial charge in [0.2, 0.25) is 0 Å². The molecule has 0 unspecified atom stereocenters. The zero-order valence-corrected chi connectivity index (χ0v) is 24.4. The number of benzene rings is 3. The van der Waals surface area contributed by atoms with Gasteiger partial charge in [-0.15, -0.1) is 0 Å². The number of fused-ring (bicyclic) bond motifs is 3. The lowest BCUT2D eigenvalue weighted by Gasteiger charge is -2.30. The molecule has 3 heterocycles. The third kappa shape index (κ3) is 4.53. The maximum absolute atomic E-state index is 14.0. The number of thiazole rings is 1. The summed E-state index contributed by atoms with van der Waals surface area (Å²) in [6, 6.07) is 27.1. The molecule has 3 aromatic carbocycles. The summed E-state index contributed by atoms with van der Waals surface area (Å²) >= 11 is 4.92. The van der Waals surface area contributed by atoms with Gasteiger partial charge in [0.25, 0.3) is 5.56 Å². The third-order valence-corrected chi connectivity index (χ3v) is 9.06. The number of methoxy groups -OCH3 is 1. The fourth-order valence-electron chi connectivity index (χ4n) is 5.57. The van der Waals surface area contributed by atoms with E-state index in [0.29, 0.717) is 26.4 Å². The Morgan fingerprint density at radius 1 is 1.02 bits per heavy atom. The van der Waals surface area contributed by atoms with Crippen LogP contribution in [-0.2, 0) is 11.2 Å². The van der Waals surface area contributed by atoms with Crippen molar-refractivity contribution in [2.75, 3.05) is 7.11 Å². The molecule has 1 atom stereocenters. The van der Waals surface area contributed by atoms with Gasteiger partial charge in [-0.1, -0.05) is 75.8 Å². The van der Waals surface area contributed by atoms with Gasteiger partial charge >= 0.3 is 5.97 Å². The molecule has 2 aliphatic rings. The van der Waals surface area contributed by atoms with E-state index in [-0.39, 0.29) is 11.6 Å². The molecule has 8 heteroatoms. The molecule has 0 N–H and O–H groups in total. The summed E-state index contributed by atoms with van der Waals surface area (Å²) in [4.78, 5) is 31.5. The second-order valence-electron chi connectivity index (χ2n) is 9.94. The van der Waals surface area contributed by atoms with Gasteiger partial charge in [0.15, 0.2) is 4.80 Å². The summed E-state index contributed by atoms with van der Waals surface area (Å²) in [7, 11) is 1.36. The molecule has 0 radical (unpaired) electrons. The number of halogens is 1. The first-order chi connectivity index (χ1) is 20.0. The Labute approximate surface area is 247 Å². The number of carbonyl (C=O) groups is 1. The fraction of sp³-hybridized carbons (Fsp3) is 0.121. The molecule has 0 spiro atoms. The largest absolute Gasteiger partial charge is 0.465 e. The Morgan fingerprint density at radius 3 is 2.59 bits per heavy atom. The van der Waals surface area contributed by atoms with Gasteiger partial charge in [0, 0.05) is 21.7 Å². The van der Waals surface area contributed by atoms with Gasteiger partial charge in [0.1, 0.15) is 11.5 Å². The smallest absolute Gasteiger partial charge is 0.337 e. The van der Waals surface area contributed by atoms with E-state index in [1.807, 2.05) is 47.0 Å². The molecular weight excluding hydrogens is 600 g/mol. The van der Waals surface area contributed by atoms with Gasteiger partial charge < -0.3 is 9.15 Å². The van der Waals surface area contributed by atoms with E-state index < -0.39 is 5.97 Å². The van der Waals surface area contributed by atoms with Crippen LogP contribution in [0.2, 0.25) is 0 Å². The van der Waals surface area contributed by atoms with E-state index in [0.717, 1.165) is 39.7 Å². The van der Waals surface area contributed by atoms with Crippen LogP contribution in [0.1, 0.15) is 45.3 Å². The Balaban J connectivity index is 1.33. The maximum atomic E-state index is 14.0. The molecule has 0 fully saturated rings. The molecule has 41 heavy (non-hydrogen) atoms. The highest BCUT2D eigenvalue weighted by molar-refractivity contribution is 9.10. The van der Waals surface area contributed by atoms with Crippen molar-refractivity contribution in [1.29, 1.82) is 0 Å². The number of hydrogen-bond donors (Lipinski definition) is 0. The number of esters is 1. The van der Waals surface area contributed by atoms with Gasteiger partial charge in [0.05, 0.1) is 28.9 Å². The molecule has 6 nitrogen and oxygen atoms in total. The standard InChI is InChI=1S/C33H23BrN2O4S/c1-39-32(38)22-8-6-20(7-9-22)27-17-15-24(40-27)18-28-31(37)36-30(21-10-13-23(34)14-11-21)26-16-12-19-4-2-3-5-25(19)29(26)35-33(36)41-28/h2-11,13-15,17-18,30H,12,16H2,1H3/b28-18-/t30-/m1/s1. The molecular formula is C33H23BrN2O4S. The number of carbonyl (C=O) groups excluding carboxylic acids is 1. The van der Waals surface area contributed by atoms with Crippen LogP contribution in [0.5, 0.6) is 0 Å². The van der Waals surface area contributed by atoms with Crippen molar-refractivity contribution >= 4 is 45.0 Å². The first-order valence-corrected chi connectivity index (χ1v) is 14.8. The minimum atomic E-state index is -0.390. The number of nitrogens with zero attached hydrogens (tertiary/aromatic N) is 2. The lowest BCUT2D eigenvalue weighted by molar-refractivity contribution is 0.0600. The van der Waals surface area contributed by atoms with Crippen molar-refractivity contribution in [3.63, 3.8) is 0 Å². The van der Waals surface area contributed by atoms with E-state index in [4.69, 9.17) is 14.1 Å². The van der Waals surface area contributed by atoms with Crippen molar-refractivity contribution in [3.05, 3.63) is 143 Å². The Hall–Kier alpha value is -4.27. The quantitative estimate of drug-likeness (QED) is 0.226. The number of aromatic nitrogens is 1. The summed E-state index contributed by atoms with van der Waals surface area (Å²) in [6.07, 6.45) is 3.54. The lowest BCUT2D eigenvalue weighted by Crippen LogP contribution is -2.38. The fourth-order valence-corrected chi connectivity index (χ4v) is 6.82. The second-order valence-corrected chi connectivity index (χ2v) is 11.9. The zero-order valence-electron chi connectivity index (χ0n) is 22.0. The number of hydrogen-bond acceptors (Lipinski definition) is 6. The molecule has 0 bridgehead atoms. The Bertz CT molecular complexity index is 2030. The third-order valence-electron chi connectivity index (χ3n) is 7.55. The number of furan rings is 1. The van der Waals surface area contributed by atoms with Crippen LogP contribution < -0.4 is 14.9 Å². The van der Waals surface area contributed by atoms with Crippen LogP contribution in [0.25, 0.3) is 23.1 Å². The zero-order chi connectivity index (χ0) is 28.1. The predicted octanol–water partition coefficient (Wildman–Crippen LogP) is 6.13. The molecule has 2 aromatic heterocycles. The molecule has 0 saturated heterocycles. The number of aryl methyl sites for hydroxylation is 1. The molecule has 5 aromatic rings. The molecule has 1 aliphatic carbocycles. The average molecular weight is 624 g/mol. The van der Waals surface area contributed by atoms with Crippen LogP contribution in [-0.4, -0.2) is 17.6 Å². The first kappa shape index (κ1) is 25.7. The lowest BCUT2D eigenvalue weighted by atomic mass is 9.83. The van der Waals surface area contributed by atoms with Crippen LogP contribution in [0, 0.1) is 0 Å². The van der Waals surface area contributed by atoms with Crippen LogP contribution >= 0.6 is 27.3 Å². The number of rotatable bonds is 4. The summed E-state index contributed by atoms with van der Waals surface area (Å²) in [5.74, 6) is 0.815. The molecule has 0 amide bonds. The summed E-state index contributed by atoms with van der Waals surface area (Å²) in [5, 5.41) is 0. The first-order valence-electron chi connectivity index (χ1n) is 13.2. The highest BCUT2D eigenvalue weighted by Gasteiger charge is 2.32. The summed E-state index contributed by atoms with van der Waals surface area (Å²) in [5.41, 5.74) is 6.82. The number of allylic oxidation sites excluding steroid dienone is 1. The van der Waals surface area contributed by atoms with E-state index in [9.17, 15) is 9.59 Å². The minimum Gasteiger partial charge on any atom is -0.465 e.